The quantitative estimate of drug-likeness (QED) is 0.884. The van der Waals surface area contributed by atoms with Gasteiger partial charge in [0.2, 0.25) is 11.8 Å². The Kier molecular flexibility index (Phi) is 4.81. The molecule has 1 saturated heterocycles. The summed E-state index contributed by atoms with van der Waals surface area (Å²) >= 11 is 1.32. The van der Waals surface area contributed by atoms with Crippen LogP contribution in [0.1, 0.15) is 27.2 Å². The molecule has 0 radical (unpaired) electrons. The number of hydrogen-bond acceptors (Lipinski definition) is 4. The third kappa shape index (κ3) is 4.60. The van der Waals surface area contributed by atoms with Gasteiger partial charge in [-0.05, 0) is 43.7 Å². The van der Waals surface area contributed by atoms with Crippen molar-refractivity contribution in [3.8, 4) is 0 Å². The molecule has 1 heterocycles. The summed E-state index contributed by atoms with van der Waals surface area (Å²) in [6, 6.07) is 13.7. The largest absolute Gasteiger partial charge is 0.326 e. The Morgan fingerprint density at radius 3 is 2.64 bits per heavy atom. The number of amidine groups is 1. The third-order valence-electron chi connectivity index (χ3n) is 3.62. The minimum Gasteiger partial charge on any atom is -0.326 e. The van der Waals surface area contributed by atoms with Gasteiger partial charge in [0.15, 0.2) is 5.17 Å². The number of benzene rings is 2. The normalized spacial score (nSPS) is 19.2. The highest BCUT2D eigenvalue weighted by Gasteiger charge is 2.32. The van der Waals surface area contributed by atoms with Gasteiger partial charge in [-0.1, -0.05) is 42.1 Å². The highest BCUT2D eigenvalue weighted by atomic mass is 32.2. The molecule has 0 aromatic heterocycles. The number of amides is 2. The van der Waals surface area contributed by atoms with Gasteiger partial charge in [-0.2, -0.15) is 0 Å². The molecule has 2 N–H and O–H groups in total. The van der Waals surface area contributed by atoms with Gasteiger partial charge in [0, 0.05) is 12.1 Å². The molecule has 0 saturated carbocycles. The smallest absolute Gasteiger partial charge is 0.240 e. The Labute approximate surface area is 151 Å². The summed E-state index contributed by atoms with van der Waals surface area (Å²) in [6.45, 7) is 5.89. The van der Waals surface area contributed by atoms with E-state index in [0.717, 1.165) is 16.5 Å². The van der Waals surface area contributed by atoms with E-state index >= 15 is 0 Å². The predicted octanol–water partition coefficient (Wildman–Crippen LogP) is 3.55. The van der Waals surface area contributed by atoms with Crippen molar-refractivity contribution in [1.82, 2.24) is 5.32 Å². The molecule has 2 aromatic rings. The first kappa shape index (κ1) is 17.5. The summed E-state index contributed by atoms with van der Waals surface area (Å²) in [5, 5.41) is 7.94. The zero-order valence-electron chi connectivity index (χ0n) is 14.5. The molecular formula is C19H21N3O2S. The van der Waals surface area contributed by atoms with Gasteiger partial charge in [0.1, 0.15) is 5.25 Å². The van der Waals surface area contributed by atoms with Crippen LogP contribution in [-0.2, 0) is 9.59 Å². The number of anilines is 1. The van der Waals surface area contributed by atoms with Crippen LogP contribution < -0.4 is 10.6 Å². The van der Waals surface area contributed by atoms with Crippen molar-refractivity contribution in [2.24, 2.45) is 4.99 Å². The predicted molar refractivity (Wildman–Crippen MR) is 104 cm³/mol. The van der Waals surface area contributed by atoms with E-state index in [4.69, 9.17) is 0 Å². The minimum absolute atomic E-state index is 0.118. The van der Waals surface area contributed by atoms with Crippen LogP contribution in [0.3, 0.4) is 0 Å². The molecule has 25 heavy (non-hydrogen) atoms. The van der Waals surface area contributed by atoms with Gasteiger partial charge >= 0.3 is 0 Å². The van der Waals surface area contributed by atoms with Gasteiger partial charge in [0.05, 0.1) is 5.54 Å². The number of thioether (sulfide) groups is 1. The Bertz CT molecular complexity index is 855. The summed E-state index contributed by atoms with van der Waals surface area (Å²) in [4.78, 5) is 28.8. The Hall–Kier alpha value is -2.34. The molecule has 1 fully saturated rings. The molecule has 1 aliphatic heterocycles. The SMILES string of the molecule is CC(C)(C)N=C1NC(=O)[C@H](CC(=O)Nc2ccc3ccccc3c2)S1. The first-order valence-corrected chi connectivity index (χ1v) is 9.04. The second-order valence-electron chi connectivity index (χ2n) is 7.00. The van der Waals surface area contributed by atoms with Crippen LogP contribution >= 0.6 is 11.8 Å². The van der Waals surface area contributed by atoms with Crippen LogP contribution in [0.15, 0.2) is 47.5 Å². The molecule has 130 valence electrons. The number of nitrogens with one attached hydrogen (secondary N) is 2. The minimum atomic E-state index is -0.443. The molecule has 3 rings (SSSR count). The third-order valence-corrected chi connectivity index (χ3v) is 4.70. The first-order chi connectivity index (χ1) is 11.8. The lowest BCUT2D eigenvalue weighted by molar-refractivity contribution is -0.122. The van der Waals surface area contributed by atoms with Crippen molar-refractivity contribution in [3.63, 3.8) is 0 Å². The van der Waals surface area contributed by atoms with E-state index in [1.165, 1.54) is 11.8 Å². The topological polar surface area (TPSA) is 70.6 Å². The molecule has 2 amide bonds. The summed E-state index contributed by atoms with van der Waals surface area (Å²) in [7, 11) is 0. The van der Waals surface area contributed by atoms with Crippen LogP contribution in [0.2, 0.25) is 0 Å². The van der Waals surface area contributed by atoms with Gasteiger partial charge in [-0.25, -0.2) is 0 Å². The number of carbonyl (C=O) groups is 2. The molecular weight excluding hydrogens is 334 g/mol. The second kappa shape index (κ2) is 6.88. The Balaban J connectivity index is 1.64. The van der Waals surface area contributed by atoms with Gasteiger partial charge < -0.3 is 10.6 Å². The van der Waals surface area contributed by atoms with E-state index in [9.17, 15) is 9.59 Å². The van der Waals surface area contributed by atoms with Crippen LogP contribution in [0.25, 0.3) is 10.8 Å². The molecule has 0 bridgehead atoms. The van der Waals surface area contributed by atoms with E-state index < -0.39 is 5.25 Å². The summed E-state index contributed by atoms with van der Waals surface area (Å²) in [6.07, 6.45) is 0.118. The van der Waals surface area contributed by atoms with Crippen LogP contribution in [0, 0.1) is 0 Å². The van der Waals surface area contributed by atoms with Crippen molar-refractivity contribution in [3.05, 3.63) is 42.5 Å². The average Bonchev–Trinajstić information content (AvgIpc) is 2.84. The second-order valence-corrected chi connectivity index (χ2v) is 8.19. The van der Waals surface area contributed by atoms with Gasteiger partial charge in [-0.15, -0.1) is 0 Å². The van der Waals surface area contributed by atoms with Crippen LogP contribution in [-0.4, -0.2) is 27.8 Å². The van der Waals surface area contributed by atoms with Crippen molar-refractivity contribution < 1.29 is 9.59 Å². The fourth-order valence-electron chi connectivity index (χ4n) is 2.54. The number of hydrogen-bond donors (Lipinski definition) is 2. The lowest BCUT2D eigenvalue weighted by Gasteiger charge is -2.12. The zero-order chi connectivity index (χ0) is 18.0. The van der Waals surface area contributed by atoms with Crippen LogP contribution in [0.5, 0.6) is 0 Å². The summed E-state index contributed by atoms with van der Waals surface area (Å²) in [5.74, 6) is -0.346. The van der Waals surface area contributed by atoms with Crippen molar-refractivity contribution >= 4 is 45.2 Å². The molecule has 6 heteroatoms. The van der Waals surface area contributed by atoms with Crippen LogP contribution in [0.4, 0.5) is 5.69 Å². The monoisotopic (exact) mass is 355 g/mol. The van der Waals surface area contributed by atoms with E-state index in [1.54, 1.807) is 0 Å². The zero-order valence-corrected chi connectivity index (χ0v) is 15.3. The fourth-order valence-corrected chi connectivity index (χ4v) is 3.70. The molecule has 0 aliphatic carbocycles. The molecule has 0 unspecified atom stereocenters. The Morgan fingerprint density at radius 2 is 1.92 bits per heavy atom. The van der Waals surface area contributed by atoms with E-state index in [-0.39, 0.29) is 23.8 Å². The lowest BCUT2D eigenvalue weighted by Crippen LogP contribution is -2.28. The number of nitrogens with zero attached hydrogens (tertiary/aromatic N) is 1. The van der Waals surface area contributed by atoms with Crippen molar-refractivity contribution in [2.45, 2.75) is 38.0 Å². The molecule has 1 atom stereocenters. The highest BCUT2D eigenvalue weighted by molar-refractivity contribution is 8.15. The van der Waals surface area contributed by atoms with E-state index in [1.807, 2.05) is 63.2 Å². The molecule has 1 aliphatic rings. The lowest BCUT2D eigenvalue weighted by atomic mass is 10.1. The van der Waals surface area contributed by atoms with Gasteiger partial charge in [0.25, 0.3) is 0 Å². The molecule has 0 spiro atoms. The van der Waals surface area contributed by atoms with E-state index in [2.05, 4.69) is 15.6 Å². The number of fused-ring (bicyclic) bond motifs is 1. The van der Waals surface area contributed by atoms with Gasteiger partial charge in [-0.3, -0.25) is 14.6 Å². The Morgan fingerprint density at radius 1 is 1.20 bits per heavy atom. The number of carbonyl (C=O) groups excluding carboxylic acids is 2. The molecule has 5 nitrogen and oxygen atoms in total. The first-order valence-electron chi connectivity index (χ1n) is 8.16. The number of aliphatic imine (C=N–C) groups is 1. The maximum Gasteiger partial charge on any atom is 0.240 e. The average molecular weight is 355 g/mol. The maximum absolute atomic E-state index is 12.3. The standard InChI is InChI=1S/C19H21N3O2S/c1-19(2,3)22-18-21-17(24)15(25-18)11-16(23)20-14-9-8-12-6-4-5-7-13(12)10-14/h4-10,15H,11H2,1-3H3,(H,20,23)(H,21,22,24)/t15-/m0/s1. The van der Waals surface area contributed by atoms with Crippen molar-refractivity contribution in [1.29, 1.82) is 0 Å². The maximum atomic E-state index is 12.3. The summed E-state index contributed by atoms with van der Waals surface area (Å²) in [5.41, 5.74) is 0.466. The highest BCUT2D eigenvalue weighted by Crippen LogP contribution is 2.25. The van der Waals surface area contributed by atoms with E-state index in [0.29, 0.717) is 5.17 Å². The van der Waals surface area contributed by atoms with Crippen molar-refractivity contribution in [2.75, 3.05) is 5.32 Å². The number of rotatable bonds is 3. The molecule has 2 aromatic carbocycles. The summed E-state index contributed by atoms with van der Waals surface area (Å²) < 4.78 is 0. The fraction of sp³-hybridized carbons (Fsp3) is 0.316.